The summed E-state index contributed by atoms with van der Waals surface area (Å²) in [5, 5.41) is 4.32. The predicted molar refractivity (Wildman–Crippen MR) is 66.4 cm³/mol. The van der Waals surface area contributed by atoms with Gasteiger partial charge in [0.1, 0.15) is 0 Å². The summed E-state index contributed by atoms with van der Waals surface area (Å²) in [6.45, 7) is 2.63. The van der Waals surface area contributed by atoms with E-state index in [0.717, 1.165) is 11.3 Å². The molecule has 0 saturated heterocycles. The second-order valence-corrected chi connectivity index (χ2v) is 3.64. The number of hydrogen-bond donors (Lipinski definition) is 1. The fourth-order valence-corrected chi connectivity index (χ4v) is 1.58. The van der Waals surface area contributed by atoms with Gasteiger partial charge in [-0.25, -0.2) is 4.68 Å². The van der Waals surface area contributed by atoms with Crippen molar-refractivity contribution in [1.82, 2.24) is 9.78 Å². The molecule has 0 radical (unpaired) electrons. The van der Waals surface area contributed by atoms with Gasteiger partial charge in [-0.1, -0.05) is 30.4 Å². The summed E-state index contributed by atoms with van der Waals surface area (Å²) in [5.41, 5.74) is 8.78. The van der Waals surface area contributed by atoms with Crippen LogP contribution in [0.2, 0.25) is 0 Å². The number of benzene rings is 1. The number of nitrogens with two attached hydrogens (primary N) is 1. The molecule has 1 aromatic heterocycles. The molecule has 2 aromatic rings. The molecule has 0 saturated carbocycles. The molecule has 2 rings (SSSR count). The van der Waals surface area contributed by atoms with Crippen molar-refractivity contribution in [3.05, 3.63) is 53.9 Å². The topological polar surface area (TPSA) is 43.8 Å². The van der Waals surface area contributed by atoms with Crippen LogP contribution in [0.25, 0.3) is 11.8 Å². The first kappa shape index (κ1) is 10.6. The minimum absolute atomic E-state index is 0.551. The number of rotatable bonds is 3. The molecule has 3 nitrogen and oxygen atoms in total. The lowest BCUT2D eigenvalue weighted by molar-refractivity contribution is 0.873. The molecule has 0 unspecified atom stereocenters. The second-order valence-electron chi connectivity index (χ2n) is 3.64. The van der Waals surface area contributed by atoms with Crippen molar-refractivity contribution < 1.29 is 0 Å². The summed E-state index contributed by atoms with van der Waals surface area (Å²) >= 11 is 0. The van der Waals surface area contributed by atoms with Crippen LogP contribution in [0.15, 0.2) is 42.7 Å². The Labute approximate surface area is 95.2 Å². The third-order valence-electron chi connectivity index (χ3n) is 2.41. The minimum Gasteiger partial charge on any atom is -0.327 e. The third kappa shape index (κ3) is 2.20. The molecular weight excluding hydrogens is 198 g/mol. The zero-order valence-corrected chi connectivity index (χ0v) is 9.30. The normalized spacial score (nSPS) is 11.1. The Hall–Kier alpha value is -1.87. The number of aryl methyl sites for hydroxylation is 1. The molecule has 0 atom stereocenters. The molecule has 1 heterocycles. The highest BCUT2D eigenvalue weighted by Gasteiger charge is 2.00. The summed E-state index contributed by atoms with van der Waals surface area (Å²) in [7, 11) is 0. The van der Waals surface area contributed by atoms with Gasteiger partial charge in [0.25, 0.3) is 0 Å². The first-order valence-electron chi connectivity index (χ1n) is 5.28. The number of hydrogen-bond acceptors (Lipinski definition) is 2. The Balaban J connectivity index is 2.32. The van der Waals surface area contributed by atoms with Crippen LogP contribution in [0.5, 0.6) is 0 Å². The van der Waals surface area contributed by atoms with Crippen LogP contribution >= 0.6 is 0 Å². The number of nitrogens with zero attached hydrogens (tertiary/aromatic N) is 2. The average Bonchev–Trinajstić information content (AvgIpc) is 2.75. The Morgan fingerprint density at radius 3 is 2.94 bits per heavy atom. The molecule has 0 bridgehead atoms. The van der Waals surface area contributed by atoms with Gasteiger partial charge in [-0.15, -0.1) is 0 Å². The zero-order chi connectivity index (χ0) is 11.4. The second kappa shape index (κ2) is 4.77. The molecule has 16 heavy (non-hydrogen) atoms. The fourth-order valence-electron chi connectivity index (χ4n) is 1.58. The molecule has 0 aliphatic heterocycles. The molecule has 0 aliphatic carbocycles. The van der Waals surface area contributed by atoms with Crippen molar-refractivity contribution in [1.29, 1.82) is 0 Å². The van der Waals surface area contributed by atoms with E-state index < -0.39 is 0 Å². The van der Waals surface area contributed by atoms with Crippen molar-refractivity contribution in [2.45, 2.75) is 6.92 Å². The molecule has 0 spiro atoms. The summed E-state index contributed by atoms with van der Waals surface area (Å²) < 4.78 is 1.88. The van der Waals surface area contributed by atoms with Crippen molar-refractivity contribution in [3.63, 3.8) is 0 Å². The Morgan fingerprint density at radius 2 is 2.19 bits per heavy atom. The first-order valence-corrected chi connectivity index (χ1v) is 5.28. The highest BCUT2D eigenvalue weighted by Crippen LogP contribution is 2.13. The van der Waals surface area contributed by atoms with E-state index >= 15 is 0 Å². The molecule has 82 valence electrons. The monoisotopic (exact) mass is 213 g/mol. The van der Waals surface area contributed by atoms with E-state index in [1.807, 2.05) is 41.4 Å². The lowest BCUT2D eigenvalue weighted by atomic mass is 10.2. The van der Waals surface area contributed by atoms with Gasteiger partial charge in [0.05, 0.1) is 11.9 Å². The maximum absolute atomic E-state index is 5.40. The predicted octanol–water partition coefficient (Wildman–Crippen LogP) is 2.15. The molecular formula is C13H15N3. The molecule has 0 aliphatic rings. The van der Waals surface area contributed by atoms with Gasteiger partial charge >= 0.3 is 0 Å². The van der Waals surface area contributed by atoms with Crippen LogP contribution < -0.4 is 5.73 Å². The van der Waals surface area contributed by atoms with Crippen molar-refractivity contribution in [2.75, 3.05) is 6.54 Å². The lowest BCUT2D eigenvalue weighted by Crippen LogP contribution is -1.96. The van der Waals surface area contributed by atoms with Gasteiger partial charge < -0.3 is 5.73 Å². The lowest BCUT2D eigenvalue weighted by Gasteiger charge is -2.03. The largest absolute Gasteiger partial charge is 0.327 e. The molecule has 3 heteroatoms. The van der Waals surface area contributed by atoms with E-state index in [1.54, 1.807) is 0 Å². The molecule has 1 aromatic carbocycles. The summed E-state index contributed by atoms with van der Waals surface area (Å²) in [6.07, 6.45) is 7.72. The third-order valence-corrected chi connectivity index (χ3v) is 2.41. The Bertz CT molecular complexity index is 497. The van der Waals surface area contributed by atoms with Crippen LogP contribution in [0.3, 0.4) is 0 Å². The molecule has 2 N–H and O–H groups in total. The van der Waals surface area contributed by atoms with E-state index in [4.69, 9.17) is 5.73 Å². The molecule has 0 amide bonds. The van der Waals surface area contributed by atoms with Gasteiger partial charge in [0.15, 0.2) is 0 Å². The average molecular weight is 213 g/mol. The van der Waals surface area contributed by atoms with Gasteiger partial charge in [-0.05, 0) is 18.6 Å². The van der Waals surface area contributed by atoms with E-state index in [9.17, 15) is 0 Å². The highest BCUT2D eigenvalue weighted by atomic mass is 15.3. The van der Waals surface area contributed by atoms with Crippen molar-refractivity contribution in [3.8, 4) is 5.69 Å². The standard InChI is InChI=1S/C13H15N3/c1-11-5-2-3-7-13(11)16-10-12(9-15-16)6-4-8-14/h2-7,9-10H,8,14H2,1H3. The minimum atomic E-state index is 0.551. The van der Waals surface area contributed by atoms with Crippen molar-refractivity contribution in [2.24, 2.45) is 5.73 Å². The van der Waals surface area contributed by atoms with Gasteiger partial charge in [0.2, 0.25) is 0 Å². The van der Waals surface area contributed by atoms with Crippen LogP contribution in [0.1, 0.15) is 11.1 Å². The van der Waals surface area contributed by atoms with Crippen LogP contribution in [-0.4, -0.2) is 16.3 Å². The number of aromatic nitrogens is 2. The van der Waals surface area contributed by atoms with E-state index in [2.05, 4.69) is 24.2 Å². The van der Waals surface area contributed by atoms with Gasteiger partial charge in [-0.3, -0.25) is 0 Å². The van der Waals surface area contributed by atoms with E-state index in [0.29, 0.717) is 6.54 Å². The smallest absolute Gasteiger partial charge is 0.0674 e. The summed E-state index contributed by atoms with van der Waals surface area (Å²) in [6, 6.07) is 8.17. The van der Waals surface area contributed by atoms with Crippen molar-refractivity contribution >= 4 is 6.08 Å². The maximum atomic E-state index is 5.40. The van der Waals surface area contributed by atoms with Gasteiger partial charge in [0, 0.05) is 18.3 Å². The maximum Gasteiger partial charge on any atom is 0.0674 e. The fraction of sp³-hybridized carbons (Fsp3) is 0.154. The van der Waals surface area contributed by atoms with E-state index in [1.165, 1.54) is 5.56 Å². The molecule has 0 fully saturated rings. The SMILES string of the molecule is Cc1ccccc1-n1cc(C=CCN)cn1. The van der Waals surface area contributed by atoms with E-state index in [-0.39, 0.29) is 0 Å². The van der Waals surface area contributed by atoms with Crippen LogP contribution in [0, 0.1) is 6.92 Å². The number of para-hydroxylation sites is 1. The Kier molecular flexibility index (Phi) is 3.17. The van der Waals surface area contributed by atoms with Gasteiger partial charge in [-0.2, -0.15) is 5.10 Å². The highest BCUT2D eigenvalue weighted by molar-refractivity contribution is 5.49. The Morgan fingerprint density at radius 1 is 1.38 bits per heavy atom. The summed E-state index contributed by atoms with van der Waals surface area (Å²) in [4.78, 5) is 0. The van der Waals surface area contributed by atoms with Crippen LogP contribution in [-0.2, 0) is 0 Å². The quantitative estimate of drug-likeness (QED) is 0.849. The first-order chi connectivity index (χ1) is 7.81. The zero-order valence-electron chi connectivity index (χ0n) is 9.30. The summed E-state index contributed by atoms with van der Waals surface area (Å²) in [5.74, 6) is 0. The van der Waals surface area contributed by atoms with Crippen LogP contribution in [0.4, 0.5) is 0 Å².